The van der Waals surface area contributed by atoms with Crippen molar-refractivity contribution in [3.05, 3.63) is 28.3 Å². The average Bonchev–Trinajstić information content (AvgIpc) is 3.05. The van der Waals surface area contributed by atoms with Gasteiger partial charge in [0.1, 0.15) is 18.1 Å². The second-order valence-corrected chi connectivity index (χ2v) is 5.65. The monoisotopic (exact) mass is 315 g/mol. The summed E-state index contributed by atoms with van der Waals surface area (Å²) in [6, 6.07) is 5.30. The van der Waals surface area contributed by atoms with Crippen LogP contribution >= 0.6 is 11.3 Å². The van der Waals surface area contributed by atoms with Gasteiger partial charge in [-0.3, -0.25) is 0 Å². The normalized spacial score (nSPS) is 16.2. The lowest BCUT2D eigenvalue weighted by molar-refractivity contribution is -0.109. The quantitative estimate of drug-likeness (QED) is 0.659. The summed E-state index contributed by atoms with van der Waals surface area (Å²) in [7, 11) is -1.09. The zero-order chi connectivity index (χ0) is 15.7. The van der Waals surface area contributed by atoms with Crippen LogP contribution in [0.25, 0.3) is 0 Å². The Morgan fingerprint density at radius 3 is 3.09 bits per heavy atom. The number of fused-ring (bicyclic) bond motifs is 1. The van der Waals surface area contributed by atoms with E-state index in [1.165, 1.54) is 0 Å². The number of rotatable bonds is 4. The molecule has 0 aliphatic carbocycles. The molecule has 0 spiro atoms. The van der Waals surface area contributed by atoms with Crippen molar-refractivity contribution in [3.8, 4) is 17.0 Å². The molecule has 1 aliphatic rings. The second kappa shape index (κ2) is 5.85. The van der Waals surface area contributed by atoms with Gasteiger partial charge in [0.2, 0.25) is 5.01 Å². The number of hydrogen-bond donors (Lipinski definition) is 1. The molecule has 0 radical (unpaired) electrons. The van der Waals surface area contributed by atoms with E-state index in [9.17, 15) is 9.82 Å². The summed E-state index contributed by atoms with van der Waals surface area (Å²) in [4.78, 5) is 10.7. The molecule has 2 aromatic rings. The molecule has 0 bridgehead atoms. The van der Waals surface area contributed by atoms with Crippen LogP contribution < -0.4 is 10.2 Å². The van der Waals surface area contributed by atoms with E-state index in [0.717, 1.165) is 28.7 Å². The van der Waals surface area contributed by atoms with Crippen LogP contribution in [0.3, 0.4) is 0 Å². The molecule has 1 aromatic carbocycles. The van der Waals surface area contributed by atoms with Crippen LogP contribution in [-0.2, 0) is 9.45 Å². The van der Waals surface area contributed by atoms with E-state index >= 15 is 0 Å². The molecule has 9 heteroatoms. The molecule has 1 N–H and O–H groups in total. The van der Waals surface area contributed by atoms with Crippen LogP contribution in [0.4, 0.5) is 0 Å². The van der Waals surface area contributed by atoms with Crippen molar-refractivity contribution in [1.82, 2.24) is 10.2 Å². The van der Waals surface area contributed by atoms with Crippen molar-refractivity contribution < 1.29 is 19.2 Å². The standard InChI is InChI=1S/C13H10BN3O4S/c1-7-4-8(20-13-17-16-11(6-15)22-13)5-9-12(7)10(2-3-18)21-14(9)19/h3-5,10,19H,2H2,1H3. The fourth-order valence-corrected chi connectivity index (χ4v) is 2.96. The smallest absolute Gasteiger partial charge is 0.430 e. The summed E-state index contributed by atoms with van der Waals surface area (Å²) < 4.78 is 10.9. The van der Waals surface area contributed by atoms with Crippen molar-refractivity contribution in [1.29, 1.82) is 5.26 Å². The van der Waals surface area contributed by atoms with E-state index in [0.29, 0.717) is 11.2 Å². The highest BCUT2D eigenvalue weighted by molar-refractivity contribution is 7.13. The number of hydrogen-bond acceptors (Lipinski definition) is 8. The Labute approximate surface area is 130 Å². The van der Waals surface area contributed by atoms with Gasteiger partial charge in [0.25, 0.3) is 0 Å². The van der Waals surface area contributed by atoms with E-state index in [1.54, 1.807) is 12.1 Å². The molecule has 7 nitrogen and oxygen atoms in total. The molecule has 1 aromatic heterocycles. The molecule has 0 amide bonds. The number of carbonyl (C=O) groups excluding carboxylic acids is 1. The maximum absolute atomic E-state index is 10.7. The van der Waals surface area contributed by atoms with Crippen LogP contribution in [0.15, 0.2) is 12.1 Å². The minimum atomic E-state index is -1.09. The van der Waals surface area contributed by atoms with Gasteiger partial charge in [0.15, 0.2) is 0 Å². The van der Waals surface area contributed by atoms with Gasteiger partial charge >= 0.3 is 12.3 Å². The molecule has 3 rings (SSSR count). The predicted molar refractivity (Wildman–Crippen MR) is 78.0 cm³/mol. The average molecular weight is 315 g/mol. The molecule has 110 valence electrons. The minimum absolute atomic E-state index is 0.188. The van der Waals surface area contributed by atoms with Crippen molar-refractivity contribution in [2.24, 2.45) is 0 Å². The van der Waals surface area contributed by atoms with Crippen LogP contribution in [0.2, 0.25) is 0 Å². The Balaban J connectivity index is 1.92. The fraction of sp³-hybridized carbons (Fsp3) is 0.231. The number of ether oxygens (including phenoxy) is 1. The lowest BCUT2D eigenvalue weighted by atomic mass is 9.77. The SMILES string of the molecule is Cc1cc(Oc2nnc(C#N)s2)cc2c1C(CC=O)OB2O. The highest BCUT2D eigenvalue weighted by atomic mass is 32.1. The molecule has 1 unspecified atom stereocenters. The Morgan fingerprint density at radius 1 is 1.59 bits per heavy atom. The van der Waals surface area contributed by atoms with Crippen molar-refractivity contribution in [2.75, 3.05) is 0 Å². The van der Waals surface area contributed by atoms with Gasteiger partial charge in [-0.05, 0) is 47.0 Å². The Kier molecular flexibility index (Phi) is 3.89. The van der Waals surface area contributed by atoms with Crippen molar-refractivity contribution >= 4 is 30.2 Å². The topological polar surface area (TPSA) is 105 Å². The van der Waals surface area contributed by atoms with Crippen LogP contribution in [0.5, 0.6) is 10.9 Å². The zero-order valence-corrected chi connectivity index (χ0v) is 12.3. The first kappa shape index (κ1) is 14.7. The predicted octanol–water partition coefficient (Wildman–Crippen LogP) is 0.858. The summed E-state index contributed by atoms with van der Waals surface area (Å²) in [5.74, 6) is 0.464. The summed E-state index contributed by atoms with van der Waals surface area (Å²) in [5, 5.41) is 26.6. The van der Waals surface area contributed by atoms with Crippen LogP contribution in [-0.4, -0.2) is 28.6 Å². The number of benzene rings is 1. The van der Waals surface area contributed by atoms with E-state index in [1.807, 2.05) is 13.0 Å². The molecule has 0 fully saturated rings. The molecular formula is C13H10BN3O4S. The minimum Gasteiger partial charge on any atom is -0.430 e. The lowest BCUT2D eigenvalue weighted by Gasteiger charge is -2.12. The first-order chi connectivity index (χ1) is 10.6. The molecular weight excluding hydrogens is 305 g/mol. The van der Waals surface area contributed by atoms with Gasteiger partial charge < -0.3 is 19.2 Å². The molecule has 22 heavy (non-hydrogen) atoms. The number of aldehydes is 1. The van der Waals surface area contributed by atoms with E-state index in [-0.39, 0.29) is 16.6 Å². The summed E-state index contributed by atoms with van der Waals surface area (Å²) >= 11 is 1.03. The Morgan fingerprint density at radius 2 is 2.41 bits per heavy atom. The third kappa shape index (κ3) is 2.59. The van der Waals surface area contributed by atoms with Gasteiger partial charge in [0.05, 0.1) is 6.10 Å². The van der Waals surface area contributed by atoms with E-state index in [2.05, 4.69) is 10.2 Å². The number of aromatic nitrogens is 2. The molecule has 1 atom stereocenters. The summed E-state index contributed by atoms with van der Waals surface area (Å²) in [6.07, 6.45) is 0.511. The maximum atomic E-state index is 10.7. The van der Waals surface area contributed by atoms with Gasteiger partial charge in [-0.1, -0.05) is 5.10 Å². The number of nitrogens with zero attached hydrogens (tertiary/aromatic N) is 3. The molecule has 2 heterocycles. The zero-order valence-electron chi connectivity index (χ0n) is 11.5. The highest BCUT2D eigenvalue weighted by Gasteiger charge is 2.36. The molecule has 0 saturated heterocycles. The maximum Gasteiger partial charge on any atom is 0.492 e. The van der Waals surface area contributed by atoms with Gasteiger partial charge in [-0.15, -0.1) is 5.10 Å². The van der Waals surface area contributed by atoms with Crippen molar-refractivity contribution in [3.63, 3.8) is 0 Å². The Bertz CT molecular complexity index is 773. The first-order valence-corrected chi connectivity index (χ1v) is 7.27. The van der Waals surface area contributed by atoms with Crippen molar-refractivity contribution in [2.45, 2.75) is 19.4 Å². The third-order valence-electron chi connectivity index (χ3n) is 3.29. The number of aryl methyl sites for hydroxylation is 1. The largest absolute Gasteiger partial charge is 0.492 e. The number of carbonyl (C=O) groups is 1. The third-order valence-corrected chi connectivity index (χ3v) is 4.00. The number of nitriles is 1. The van der Waals surface area contributed by atoms with E-state index < -0.39 is 13.2 Å². The summed E-state index contributed by atoms with van der Waals surface area (Å²) in [6.45, 7) is 1.85. The summed E-state index contributed by atoms with van der Waals surface area (Å²) in [5.41, 5.74) is 2.23. The second-order valence-electron chi connectivity index (χ2n) is 4.71. The molecule has 1 aliphatic heterocycles. The van der Waals surface area contributed by atoms with Gasteiger partial charge in [-0.2, -0.15) is 5.26 Å². The van der Waals surface area contributed by atoms with Gasteiger partial charge in [-0.25, -0.2) is 0 Å². The van der Waals surface area contributed by atoms with E-state index in [4.69, 9.17) is 14.7 Å². The Hall–Kier alpha value is -2.28. The molecule has 0 saturated carbocycles. The van der Waals surface area contributed by atoms with Gasteiger partial charge in [0, 0.05) is 6.42 Å². The highest BCUT2D eigenvalue weighted by Crippen LogP contribution is 2.33. The lowest BCUT2D eigenvalue weighted by Crippen LogP contribution is -2.28. The van der Waals surface area contributed by atoms with Crippen LogP contribution in [0, 0.1) is 18.3 Å². The first-order valence-electron chi connectivity index (χ1n) is 6.45. The van der Waals surface area contributed by atoms with Crippen LogP contribution in [0.1, 0.15) is 28.7 Å². The fourth-order valence-electron chi connectivity index (χ4n) is 2.45.